The Balaban J connectivity index is 2.28. The Bertz CT molecular complexity index is 758. The van der Waals surface area contributed by atoms with E-state index in [1.807, 2.05) is 20.8 Å². The largest absolute Gasteiger partial charge is 0.494 e. The SMILES string of the molecule is CCCCCCN(CCCCCC)C(=O)c1ccc(B2OC(C)C(C)(C)O2)cc1C(F)(F)F. The lowest BCUT2D eigenvalue weighted by atomic mass is 9.77. The molecule has 1 aliphatic rings. The quantitative estimate of drug-likeness (QED) is 0.270. The topological polar surface area (TPSA) is 38.8 Å². The Morgan fingerprint density at radius 3 is 2.06 bits per heavy atom. The van der Waals surface area contributed by atoms with Crippen molar-refractivity contribution in [3.05, 3.63) is 29.3 Å². The Kier molecular flexibility index (Phi) is 10.3. The van der Waals surface area contributed by atoms with Gasteiger partial charge in [-0.15, -0.1) is 0 Å². The third kappa shape index (κ3) is 7.74. The monoisotopic (exact) mass is 469 g/mol. The Morgan fingerprint density at radius 1 is 1.03 bits per heavy atom. The van der Waals surface area contributed by atoms with Gasteiger partial charge in [-0.3, -0.25) is 4.79 Å². The molecule has 1 aromatic rings. The summed E-state index contributed by atoms with van der Waals surface area (Å²) in [5, 5.41) is 0. The maximum atomic E-state index is 14.0. The van der Waals surface area contributed by atoms with Crippen molar-refractivity contribution in [2.75, 3.05) is 13.1 Å². The van der Waals surface area contributed by atoms with Gasteiger partial charge in [-0.05, 0) is 51.2 Å². The van der Waals surface area contributed by atoms with Crippen LogP contribution >= 0.6 is 0 Å². The first-order chi connectivity index (χ1) is 15.5. The second-order valence-corrected chi connectivity index (χ2v) is 9.55. The first-order valence-electron chi connectivity index (χ1n) is 12.3. The zero-order valence-electron chi connectivity index (χ0n) is 20.8. The number of halogens is 3. The van der Waals surface area contributed by atoms with E-state index in [0.717, 1.165) is 57.4 Å². The van der Waals surface area contributed by atoms with Gasteiger partial charge in [0, 0.05) is 13.1 Å². The Labute approximate surface area is 197 Å². The third-order valence-electron chi connectivity index (χ3n) is 6.42. The molecule has 0 saturated carbocycles. The summed E-state index contributed by atoms with van der Waals surface area (Å²) >= 11 is 0. The molecule has 1 fully saturated rings. The molecule has 33 heavy (non-hydrogen) atoms. The molecule has 0 aromatic heterocycles. The van der Waals surface area contributed by atoms with E-state index in [1.165, 1.54) is 12.1 Å². The van der Waals surface area contributed by atoms with Gasteiger partial charge in [-0.1, -0.05) is 58.4 Å². The fraction of sp³-hybridized carbons (Fsp3) is 0.720. The summed E-state index contributed by atoms with van der Waals surface area (Å²) in [6, 6.07) is 3.82. The average molecular weight is 469 g/mol. The summed E-state index contributed by atoms with van der Waals surface area (Å²) in [7, 11) is -0.889. The highest BCUT2D eigenvalue weighted by Gasteiger charge is 2.45. The molecule has 1 aromatic carbocycles. The van der Waals surface area contributed by atoms with Crippen LogP contribution in [-0.2, 0) is 15.5 Å². The predicted octanol–water partition coefficient (Wildman–Crippen LogP) is 6.22. The Morgan fingerprint density at radius 2 is 1.61 bits per heavy atom. The number of unbranched alkanes of at least 4 members (excludes halogenated alkanes) is 6. The molecule has 1 heterocycles. The molecule has 1 atom stereocenters. The second-order valence-electron chi connectivity index (χ2n) is 9.55. The van der Waals surface area contributed by atoms with Crippen LogP contribution in [0, 0.1) is 0 Å². The van der Waals surface area contributed by atoms with Crippen molar-refractivity contribution in [2.45, 2.75) is 104 Å². The van der Waals surface area contributed by atoms with Crippen molar-refractivity contribution < 1.29 is 27.3 Å². The molecule has 186 valence electrons. The molecule has 1 aliphatic heterocycles. The Hall–Kier alpha value is -1.54. The molecule has 4 nitrogen and oxygen atoms in total. The maximum Gasteiger partial charge on any atom is 0.494 e. The number of rotatable bonds is 12. The number of carbonyl (C=O) groups is 1. The van der Waals surface area contributed by atoms with Crippen molar-refractivity contribution in [3.8, 4) is 0 Å². The van der Waals surface area contributed by atoms with Gasteiger partial charge in [-0.25, -0.2) is 0 Å². The van der Waals surface area contributed by atoms with E-state index < -0.39 is 30.4 Å². The summed E-state index contributed by atoms with van der Waals surface area (Å²) in [5.74, 6) is -0.552. The normalized spacial score (nSPS) is 18.1. The van der Waals surface area contributed by atoms with Gasteiger partial charge in [-0.2, -0.15) is 13.2 Å². The fourth-order valence-electron chi connectivity index (χ4n) is 3.97. The lowest BCUT2D eigenvalue weighted by Gasteiger charge is -2.25. The van der Waals surface area contributed by atoms with E-state index in [1.54, 1.807) is 4.90 Å². The van der Waals surface area contributed by atoms with Gasteiger partial charge in [0.15, 0.2) is 0 Å². The van der Waals surface area contributed by atoms with E-state index in [2.05, 4.69) is 13.8 Å². The van der Waals surface area contributed by atoms with Gasteiger partial charge in [0.2, 0.25) is 0 Å². The van der Waals surface area contributed by atoms with E-state index >= 15 is 0 Å². The van der Waals surface area contributed by atoms with Crippen molar-refractivity contribution in [2.24, 2.45) is 0 Å². The zero-order chi connectivity index (χ0) is 24.6. The predicted molar refractivity (Wildman–Crippen MR) is 127 cm³/mol. The number of nitrogens with zero attached hydrogens (tertiary/aromatic N) is 1. The van der Waals surface area contributed by atoms with Gasteiger partial charge >= 0.3 is 13.3 Å². The van der Waals surface area contributed by atoms with Gasteiger partial charge in [0.05, 0.1) is 22.8 Å². The first kappa shape index (κ1) is 27.7. The van der Waals surface area contributed by atoms with Crippen molar-refractivity contribution in [3.63, 3.8) is 0 Å². The van der Waals surface area contributed by atoms with Crippen LogP contribution in [0.15, 0.2) is 18.2 Å². The van der Waals surface area contributed by atoms with Crippen LogP contribution < -0.4 is 5.46 Å². The summed E-state index contributed by atoms with van der Waals surface area (Å²) in [6.07, 6.45) is 2.82. The zero-order valence-corrected chi connectivity index (χ0v) is 20.8. The molecule has 0 aliphatic carbocycles. The van der Waals surface area contributed by atoms with E-state index in [9.17, 15) is 18.0 Å². The van der Waals surface area contributed by atoms with Crippen molar-refractivity contribution in [1.82, 2.24) is 4.90 Å². The van der Waals surface area contributed by atoms with E-state index in [4.69, 9.17) is 9.31 Å². The standard InChI is InChI=1S/C25H39BF3NO3/c1-6-8-10-12-16-30(17-13-11-9-7-2)23(31)21-15-14-20(18-22(21)25(27,28)29)26-32-19(3)24(4,5)33-26/h14-15,18-19H,6-13,16-17H2,1-5H3. The van der Waals surface area contributed by atoms with Crippen molar-refractivity contribution in [1.29, 1.82) is 0 Å². The molecule has 1 amide bonds. The molecule has 0 spiro atoms. The summed E-state index contributed by atoms with van der Waals surface area (Å²) < 4.78 is 53.6. The molecular weight excluding hydrogens is 430 g/mol. The molecule has 1 unspecified atom stereocenters. The van der Waals surface area contributed by atoms with Gasteiger partial charge < -0.3 is 14.2 Å². The van der Waals surface area contributed by atoms with Crippen LogP contribution in [0.1, 0.15) is 102 Å². The third-order valence-corrected chi connectivity index (χ3v) is 6.42. The number of amides is 1. The molecular formula is C25H39BF3NO3. The number of benzene rings is 1. The molecule has 0 N–H and O–H groups in total. The van der Waals surface area contributed by atoms with Crippen LogP contribution in [0.2, 0.25) is 0 Å². The first-order valence-corrected chi connectivity index (χ1v) is 12.3. The average Bonchev–Trinajstić information content (AvgIpc) is 3.03. The van der Waals surface area contributed by atoms with Gasteiger partial charge in [0.25, 0.3) is 5.91 Å². The minimum atomic E-state index is -4.66. The minimum Gasteiger partial charge on any atom is -0.402 e. The molecule has 8 heteroatoms. The van der Waals surface area contributed by atoms with Crippen LogP contribution in [0.25, 0.3) is 0 Å². The number of hydrogen-bond donors (Lipinski definition) is 0. The lowest BCUT2D eigenvalue weighted by Crippen LogP contribution is -2.37. The fourth-order valence-corrected chi connectivity index (χ4v) is 3.97. The smallest absolute Gasteiger partial charge is 0.402 e. The highest BCUT2D eigenvalue weighted by atomic mass is 19.4. The summed E-state index contributed by atoms with van der Waals surface area (Å²) in [6.45, 7) is 10.7. The minimum absolute atomic E-state index is 0.264. The van der Waals surface area contributed by atoms with E-state index in [0.29, 0.717) is 13.1 Å². The van der Waals surface area contributed by atoms with Crippen molar-refractivity contribution >= 4 is 18.5 Å². The van der Waals surface area contributed by atoms with Gasteiger partial charge in [0.1, 0.15) is 0 Å². The maximum absolute atomic E-state index is 14.0. The lowest BCUT2D eigenvalue weighted by molar-refractivity contribution is -0.138. The highest BCUT2D eigenvalue weighted by molar-refractivity contribution is 6.62. The van der Waals surface area contributed by atoms with Crippen LogP contribution in [-0.4, -0.2) is 42.7 Å². The molecule has 2 rings (SSSR count). The summed E-state index contributed by atoms with van der Waals surface area (Å²) in [4.78, 5) is 14.9. The van der Waals surface area contributed by atoms with Crippen LogP contribution in [0.3, 0.4) is 0 Å². The number of hydrogen-bond acceptors (Lipinski definition) is 3. The summed E-state index contributed by atoms with van der Waals surface area (Å²) in [5.41, 5.74) is -1.57. The highest BCUT2D eigenvalue weighted by Crippen LogP contribution is 2.33. The van der Waals surface area contributed by atoms with E-state index in [-0.39, 0.29) is 17.1 Å². The number of carbonyl (C=O) groups excluding carboxylic acids is 1. The second kappa shape index (κ2) is 12.3. The molecule has 0 radical (unpaired) electrons. The van der Waals surface area contributed by atoms with Crippen LogP contribution in [0.4, 0.5) is 13.2 Å². The van der Waals surface area contributed by atoms with Crippen LogP contribution in [0.5, 0.6) is 0 Å². The molecule has 1 saturated heterocycles. The number of alkyl halides is 3. The molecule has 0 bridgehead atoms.